The molecule has 6 nitrogen and oxygen atoms in total. The molecule has 1 aliphatic heterocycles. The molecule has 1 saturated heterocycles. The molecule has 1 aliphatic rings. The van der Waals surface area contributed by atoms with E-state index in [2.05, 4.69) is 0 Å². The molecule has 0 radical (unpaired) electrons. The highest BCUT2D eigenvalue weighted by molar-refractivity contribution is 7.89. The second-order valence-electron chi connectivity index (χ2n) is 7.22. The summed E-state index contributed by atoms with van der Waals surface area (Å²) in [6.45, 7) is 1.11. The number of carbonyl (C=O) groups excluding carboxylic acids is 1. The van der Waals surface area contributed by atoms with Crippen LogP contribution in [-0.2, 0) is 14.8 Å². The lowest BCUT2D eigenvalue weighted by molar-refractivity contribution is -0.135. The number of piperidine rings is 1. The minimum absolute atomic E-state index is 0.0280. The summed E-state index contributed by atoms with van der Waals surface area (Å²) in [7, 11) is -2.09. The van der Waals surface area contributed by atoms with E-state index in [1.54, 1.807) is 36.2 Å². The number of hydrogen-bond donors (Lipinski definition) is 0. The number of nitrogens with zero attached hydrogens (tertiary/aromatic N) is 2. The zero-order valence-corrected chi connectivity index (χ0v) is 18.2. The van der Waals surface area contributed by atoms with Crippen LogP contribution in [0.5, 0.6) is 5.75 Å². The minimum Gasteiger partial charge on any atom is -0.492 e. The smallest absolute Gasteiger partial charge is 0.243 e. The molecule has 0 saturated carbocycles. The number of ether oxygens (including phenoxy) is 1. The monoisotopic (exact) mass is 454 g/mol. The van der Waals surface area contributed by atoms with Gasteiger partial charge in [0.2, 0.25) is 15.9 Å². The van der Waals surface area contributed by atoms with Crippen LogP contribution in [0.3, 0.4) is 0 Å². The van der Waals surface area contributed by atoms with Gasteiger partial charge in [0, 0.05) is 25.2 Å². The van der Waals surface area contributed by atoms with E-state index in [0.717, 1.165) is 12.1 Å². The van der Waals surface area contributed by atoms with E-state index in [4.69, 9.17) is 16.3 Å². The summed E-state index contributed by atoms with van der Waals surface area (Å²) >= 11 is 5.92. The number of sulfonamides is 1. The molecule has 1 amide bonds. The van der Waals surface area contributed by atoms with E-state index in [9.17, 15) is 17.6 Å². The molecular formula is C21H24ClFN2O4S. The van der Waals surface area contributed by atoms with Crippen LogP contribution < -0.4 is 4.74 Å². The molecule has 162 valence electrons. The zero-order valence-electron chi connectivity index (χ0n) is 16.6. The number of likely N-dealkylation sites (N-methyl/N-ethyl adjacent to an activating group) is 1. The Morgan fingerprint density at radius 3 is 2.70 bits per heavy atom. The van der Waals surface area contributed by atoms with E-state index in [1.165, 1.54) is 16.4 Å². The maximum Gasteiger partial charge on any atom is 0.243 e. The Morgan fingerprint density at radius 2 is 2.00 bits per heavy atom. The first-order valence-electron chi connectivity index (χ1n) is 9.66. The molecule has 0 aliphatic carbocycles. The Bertz CT molecular complexity index is 985. The average molecular weight is 455 g/mol. The van der Waals surface area contributed by atoms with Crippen LogP contribution in [0.25, 0.3) is 0 Å². The normalized spacial score (nSPS) is 17.5. The first-order valence-corrected chi connectivity index (χ1v) is 11.5. The standard InChI is InChI=1S/C21H24ClFN2O4S/c1-24(12-13-29-19-6-2-5-17(22)14-19)21(26)16-4-3-11-25(15-16)30(27,28)20-9-7-18(23)8-10-20/h2,5-10,14,16H,3-4,11-13,15H2,1H3. The molecule has 1 heterocycles. The molecule has 2 aromatic carbocycles. The lowest BCUT2D eigenvalue weighted by Crippen LogP contribution is -2.46. The van der Waals surface area contributed by atoms with Crippen molar-refractivity contribution < 1.29 is 22.3 Å². The third kappa shape index (κ3) is 5.50. The molecule has 0 spiro atoms. The Balaban J connectivity index is 1.57. The maximum absolute atomic E-state index is 13.1. The van der Waals surface area contributed by atoms with Crippen molar-refractivity contribution in [1.29, 1.82) is 0 Å². The topological polar surface area (TPSA) is 66.9 Å². The highest BCUT2D eigenvalue weighted by atomic mass is 35.5. The molecule has 30 heavy (non-hydrogen) atoms. The van der Waals surface area contributed by atoms with E-state index >= 15 is 0 Å². The largest absolute Gasteiger partial charge is 0.492 e. The van der Waals surface area contributed by atoms with Crippen LogP contribution in [0.4, 0.5) is 4.39 Å². The molecule has 0 bridgehead atoms. The van der Waals surface area contributed by atoms with Crippen LogP contribution in [0.15, 0.2) is 53.4 Å². The Morgan fingerprint density at radius 1 is 1.27 bits per heavy atom. The second-order valence-corrected chi connectivity index (χ2v) is 9.60. The van der Waals surface area contributed by atoms with Crippen molar-refractivity contribution in [2.45, 2.75) is 17.7 Å². The number of amides is 1. The van der Waals surface area contributed by atoms with Gasteiger partial charge < -0.3 is 9.64 Å². The number of halogens is 2. The van der Waals surface area contributed by atoms with Gasteiger partial charge in [-0.05, 0) is 55.3 Å². The summed E-state index contributed by atoms with van der Waals surface area (Å²) in [5, 5.41) is 0.571. The van der Waals surface area contributed by atoms with Gasteiger partial charge in [-0.3, -0.25) is 4.79 Å². The molecule has 1 fully saturated rings. The van der Waals surface area contributed by atoms with Gasteiger partial charge in [0.05, 0.1) is 17.4 Å². The predicted octanol–water partition coefficient (Wildman–Crippen LogP) is 3.42. The molecule has 0 aromatic heterocycles. The fraction of sp³-hybridized carbons (Fsp3) is 0.381. The van der Waals surface area contributed by atoms with Crippen molar-refractivity contribution in [3.8, 4) is 5.75 Å². The zero-order chi connectivity index (χ0) is 21.7. The number of hydrogen-bond acceptors (Lipinski definition) is 4. The van der Waals surface area contributed by atoms with Gasteiger partial charge in [-0.15, -0.1) is 0 Å². The minimum atomic E-state index is -3.77. The van der Waals surface area contributed by atoms with E-state index < -0.39 is 21.8 Å². The second kappa shape index (κ2) is 9.76. The summed E-state index contributed by atoms with van der Waals surface area (Å²) < 4.78 is 45.7. The van der Waals surface area contributed by atoms with Crippen LogP contribution in [-0.4, -0.2) is 56.8 Å². The quantitative estimate of drug-likeness (QED) is 0.643. The SMILES string of the molecule is CN(CCOc1cccc(Cl)c1)C(=O)C1CCCN(S(=O)(=O)c2ccc(F)cc2)C1. The average Bonchev–Trinajstić information content (AvgIpc) is 2.73. The molecular weight excluding hydrogens is 431 g/mol. The van der Waals surface area contributed by atoms with Crippen LogP contribution in [0.2, 0.25) is 5.02 Å². The van der Waals surface area contributed by atoms with Crippen molar-refractivity contribution >= 4 is 27.5 Å². The molecule has 2 aromatic rings. The lowest BCUT2D eigenvalue weighted by atomic mass is 9.98. The van der Waals surface area contributed by atoms with Gasteiger partial charge in [-0.2, -0.15) is 4.31 Å². The Kier molecular flexibility index (Phi) is 7.33. The van der Waals surface area contributed by atoms with Crippen molar-refractivity contribution in [2.75, 3.05) is 33.3 Å². The maximum atomic E-state index is 13.1. The summed E-state index contributed by atoms with van der Waals surface area (Å²) in [5.41, 5.74) is 0. The predicted molar refractivity (Wildman–Crippen MR) is 112 cm³/mol. The molecule has 0 N–H and O–H groups in total. The highest BCUT2D eigenvalue weighted by Crippen LogP contribution is 2.25. The third-order valence-corrected chi connectivity index (χ3v) is 7.17. The van der Waals surface area contributed by atoms with Gasteiger partial charge >= 0.3 is 0 Å². The van der Waals surface area contributed by atoms with E-state index in [-0.39, 0.29) is 17.3 Å². The van der Waals surface area contributed by atoms with Gasteiger partial charge in [0.15, 0.2) is 0 Å². The number of carbonyl (C=O) groups is 1. The lowest BCUT2D eigenvalue weighted by Gasteiger charge is -2.33. The van der Waals surface area contributed by atoms with Gasteiger partial charge in [0.1, 0.15) is 18.2 Å². The van der Waals surface area contributed by atoms with Crippen LogP contribution in [0.1, 0.15) is 12.8 Å². The Labute approximate surface area is 181 Å². The van der Waals surface area contributed by atoms with Crippen molar-refractivity contribution in [1.82, 2.24) is 9.21 Å². The summed E-state index contributed by atoms with van der Waals surface area (Å²) in [5.74, 6) is -0.423. The molecule has 3 rings (SSSR count). The number of benzene rings is 2. The number of rotatable bonds is 7. The summed E-state index contributed by atoms with van der Waals surface area (Å²) in [6.07, 6.45) is 1.21. The Hall–Kier alpha value is -2.16. The summed E-state index contributed by atoms with van der Waals surface area (Å²) in [6, 6.07) is 11.7. The van der Waals surface area contributed by atoms with Crippen molar-refractivity contribution in [3.05, 3.63) is 59.4 Å². The van der Waals surface area contributed by atoms with Crippen molar-refractivity contribution in [2.24, 2.45) is 5.92 Å². The van der Waals surface area contributed by atoms with Gasteiger partial charge in [-0.25, -0.2) is 12.8 Å². The van der Waals surface area contributed by atoms with Gasteiger partial charge in [0.25, 0.3) is 0 Å². The van der Waals surface area contributed by atoms with Crippen LogP contribution >= 0.6 is 11.6 Å². The molecule has 1 atom stereocenters. The first-order chi connectivity index (χ1) is 14.3. The summed E-state index contributed by atoms with van der Waals surface area (Å²) in [4.78, 5) is 14.4. The molecule has 1 unspecified atom stereocenters. The van der Waals surface area contributed by atoms with E-state index in [0.29, 0.717) is 43.3 Å². The van der Waals surface area contributed by atoms with Crippen molar-refractivity contribution in [3.63, 3.8) is 0 Å². The first kappa shape index (κ1) is 22.5. The third-order valence-electron chi connectivity index (χ3n) is 5.05. The van der Waals surface area contributed by atoms with Crippen LogP contribution in [0, 0.1) is 11.7 Å². The molecule has 9 heteroatoms. The van der Waals surface area contributed by atoms with E-state index in [1.807, 2.05) is 0 Å². The van der Waals surface area contributed by atoms with Gasteiger partial charge in [-0.1, -0.05) is 17.7 Å². The highest BCUT2D eigenvalue weighted by Gasteiger charge is 2.34. The fourth-order valence-electron chi connectivity index (χ4n) is 3.40. The fourth-order valence-corrected chi connectivity index (χ4v) is 5.10.